The topological polar surface area (TPSA) is 90.0 Å². The quantitative estimate of drug-likeness (QED) is 0.789. The second-order valence-electron chi connectivity index (χ2n) is 4.26. The molecule has 98 valence electrons. The number of amides is 1. The highest BCUT2D eigenvalue weighted by molar-refractivity contribution is 9.10. The zero-order valence-electron chi connectivity index (χ0n) is 10.2. The number of nitrogens with two attached hydrogens (primary N) is 1. The van der Waals surface area contributed by atoms with Crippen molar-refractivity contribution in [1.29, 1.82) is 0 Å². The van der Waals surface area contributed by atoms with Gasteiger partial charge < -0.3 is 11.1 Å². The van der Waals surface area contributed by atoms with E-state index in [9.17, 15) is 9.59 Å². The predicted octanol–water partition coefficient (Wildman–Crippen LogP) is 0.868. The van der Waals surface area contributed by atoms with Crippen molar-refractivity contribution >= 4 is 27.5 Å². The smallest absolute Gasteiger partial charge is 0.283 e. The average Bonchev–Trinajstić information content (AvgIpc) is 2.28. The third-order valence-electron chi connectivity index (χ3n) is 2.35. The lowest BCUT2D eigenvalue weighted by Crippen LogP contribution is -2.45. The fraction of sp³-hybridized carbons (Fsp3) is 0.364. The number of hydrogen-bond acceptors (Lipinski definition) is 4. The molecule has 0 aliphatic rings. The zero-order chi connectivity index (χ0) is 13.9. The second kappa shape index (κ2) is 5.34. The zero-order valence-corrected chi connectivity index (χ0v) is 11.8. The monoisotopic (exact) mass is 314 g/mol. The number of aromatic nitrogens is 2. The summed E-state index contributed by atoms with van der Waals surface area (Å²) in [6.07, 6.45) is 3.03. The number of carbonyl (C=O) groups excluding carboxylic acids is 1. The van der Waals surface area contributed by atoms with E-state index in [0.717, 1.165) is 0 Å². The molecule has 7 heteroatoms. The number of halogens is 1. The first-order valence-corrected chi connectivity index (χ1v) is 6.03. The van der Waals surface area contributed by atoms with Crippen molar-refractivity contribution in [2.75, 3.05) is 5.32 Å². The van der Waals surface area contributed by atoms with Gasteiger partial charge in [0.05, 0.1) is 18.4 Å². The molecule has 0 aliphatic heterocycles. The Morgan fingerprint density at radius 3 is 2.83 bits per heavy atom. The van der Waals surface area contributed by atoms with Crippen LogP contribution < -0.4 is 16.6 Å². The maximum absolute atomic E-state index is 11.9. The number of nitrogens with zero attached hydrogens (tertiary/aromatic N) is 2. The molecule has 0 saturated heterocycles. The fourth-order valence-electron chi connectivity index (χ4n) is 1.20. The molecular formula is C11H15BrN4O2. The Labute approximate surface area is 113 Å². The van der Waals surface area contributed by atoms with E-state index in [1.54, 1.807) is 19.9 Å². The molecule has 0 atom stereocenters. The van der Waals surface area contributed by atoms with Crippen molar-refractivity contribution in [2.24, 2.45) is 5.73 Å². The standard InChI is InChI=1S/C11H15BrN4O2/c1-4-5-16-9(17)8(12)7(6-14-16)15-11(2,3)10(13)18/h4,6,15H,1,5H2,2-3H3,(H2,13,18). The summed E-state index contributed by atoms with van der Waals surface area (Å²) in [4.78, 5) is 23.1. The molecule has 0 aliphatic carbocycles. The molecule has 0 fully saturated rings. The number of hydrogen-bond donors (Lipinski definition) is 2. The molecular weight excluding hydrogens is 300 g/mol. The minimum Gasteiger partial charge on any atom is -0.369 e. The van der Waals surface area contributed by atoms with Crippen LogP contribution in [0.4, 0.5) is 5.69 Å². The predicted molar refractivity (Wildman–Crippen MR) is 73.3 cm³/mol. The Kier molecular flexibility index (Phi) is 4.28. The highest BCUT2D eigenvalue weighted by Gasteiger charge is 2.26. The lowest BCUT2D eigenvalue weighted by atomic mass is 10.1. The van der Waals surface area contributed by atoms with Crippen molar-refractivity contribution in [1.82, 2.24) is 9.78 Å². The summed E-state index contributed by atoms with van der Waals surface area (Å²) in [6.45, 7) is 7.10. The number of anilines is 1. The van der Waals surface area contributed by atoms with Crippen molar-refractivity contribution in [3.63, 3.8) is 0 Å². The van der Waals surface area contributed by atoms with E-state index < -0.39 is 11.4 Å². The summed E-state index contributed by atoms with van der Waals surface area (Å²) in [7, 11) is 0. The van der Waals surface area contributed by atoms with E-state index in [-0.39, 0.29) is 5.56 Å². The van der Waals surface area contributed by atoms with Gasteiger partial charge in [-0.25, -0.2) is 4.68 Å². The van der Waals surface area contributed by atoms with Gasteiger partial charge in [0.2, 0.25) is 5.91 Å². The van der Waals surface area contributed by atoms with Gasteiger partial charge in [0.1, 0.15) is 10.0 Å². The lowest BCUT2D eigenvalue weighted by molar-refractivity contribution is -0.121. The summed E-state index contributed by atoms with van der Waals surface area (Å²) in [6, 6.07) is 0. The first kappa shape index (κ1) is 14.4. The van der Waals surface area contributed by atoms with Gasteiger partial charge in [0, 0.05) is 0 Å². The van der Waals surface area contributed by atoms with Gasteiger partial charge in [-0.2, -0.15) is 5.10 Å². The summed E-state index contributed by atoms with van der Waals surface area (Å²) in [5, 5.41) is 6.83. The highest BCUT2D eigenvalue weighted by atomic mass is 79.9. The van der Waals surface area contributed by atoms with Crippen molar-refractivity contribution < 1.29 is 4.79 Å². The SMILES string of the molecule is C=CCn1ncc(NC(C)(C)C(N)=O)c(Br)c1=O. The third kappa shape index (κ3) is 2.98. The molecule has 0 saturated carbocycles. The first-order chi connectivity index (χ1) is 8.29. The highest BCUT2D eigenvalue weighted by Crippen LogP contribution is 2.20. The van der Waals surface area contributed by atoms with Crippen LogP contribution in [0.3, 0.4) is 0 Å². The number of primary amides is 1. The second-order valence-corrected chi connectivity index (χ2v) is 5.06. The Morgan fingerprint density at radius 2 is 2.33 bits per heavy atom. The third-order valence-corrected chi connectivity index (χ3v) is 3.12. The molecule has 0 spiro atoms. The minimum absolute atomic E-state index is 0.300. The number of nitrogens with one attached hydrogen (secondary N) is 1. The summed E-state index contributed by atoms with van der Waals surface area (Å²) in [5.74, 6) is -0.523. The molecule has 18 heavy (non-hydrogen) atoms. The van der Waals surface area contributed by atoms with E-state index in [0.29, 0.717) is 16.7 Å². The summed E-state index contributed by atoms with van der Waals surface area (Å²) >= 11 is 3.18. The first-order valence-electron chi connectivity index (χ1n) is 5.24. The molecule has 1 amide bonds. The van der Waals surface area contributed by atoms with Gasteiger partial charge in [-0.3, -0.25) is 9.59 Å². The van der Waals surface area contributed by atoms with E-state index >= 15 is 0 Å². The van der Waals surface area contributed by atoms with Crippen molar-refractivity contribution in [3.8, 4) is 0 Å². The summed E-state index contributed by atoms with van der Waals surface area (Å²) in [5.41, 5.74) is 4.39. The van der Waals surface area contributed by atoms with Crippen molar-refractivity contribution in [2.45, 2.75) is 25.9 Å². The van der Waals surface area contributed by atoms with Crippen LogP contribution in [0.15, 0.2) is 28.1 Å². The van der Waals surface area contributed by atoms with Gasteiger partial charge in [-0.15, -0.1) is 6.58 Å². The van der Waals surface area contributed by atoms with Crippen LogP contribution in [-0.4, -0.2) is 21.2 Å². The van der Waals surface area contributed by atoms with Crippen LogP contribution in [0, 0.1) is 0 Å². The lowest BCUT2D eigenvalue weighted by Gasteiger charge is -2.24. The normalized spacial score (nSPS) is 11.1. The molecule has 0 aromatic carbocycles. The van der Waals surface area contributed by atoms with Gasteiger partial charge in [0.25, 0.3) is 5.56 Å². The van der Waals surface area contributed by atoms with E-state index in [1.165, 1.54) is 10.9 Å². The van der Waals surface area contributed by atoms with Crippen LogP contribution >= 0.6 is 15.9 Å². The number of allylic oxidation sites excluding steroid dienone is 1. The van der Waals surface area contributed by atoms with Gasteiger partial charge in [0.15, 0.2) is 0 Å². The van der Waals surface area contributed by atoms with Gasteiger partial charge in [-0.1, -0.05) is 6.08 Å². The maximum atomic E-state index is 11.9. The molecule has 0 bridgehead atoms. The Bertz CT molecular complexity index is 536. The Balaban J connectivity index is 3.14. The maximum Gasteiger partial charge on any atom is 0.283 e. The minimum atomic E-state index is -0.971. The molecule has 6 nitrogen and oxygen atoms in total. The Morgan fingerprint density at radius 1 is 1.72 bits per heavy atom. The van der Waals surface area contributed by atoms with Crippen LogP contribution in [-0.2, 0) is 11.3 Å². The van der Waals surface area contributed by atoms with Crippen LogP contribution in [0.1, 0.15) is 13.8 Å². The molecule has 1 heterocycles. The largest absolute Gasteiger partial charge is 0.369 e. The molecule has 1 aromatic heterocycles. The molecule has 1 rings (SSSR count). The van der Waals surface area contributed by atoms with Gasteiger partial charge >= 0.3 is 0 Å². The fourth-order valence-corrected chi connectivity index (χ4v) is 1.61. The van der Waals surface area contributed by atoms with Crippen LogP contribution in [0.2, 0.25) is 0 Å². The van der Waals surface area contributed by atoms with E-state index in [1.807, 2.05) is 0 Å². The number of carbonyl (C=O) groups is 1. The van der Waals surface area contributed by atoms with Crippen LogP contribution in [0.25, 0.3) is 0 Å². The molecule has 1 aromatic rings. The number of rotatable bonds is 5. The van der Waals surface area contributed by atoms with E-state index in [4.69, 9.17) is 5.73 Å². The molecule has 0 unspecified atom stereocenters. The summed E-state index contributed by atoms with van der Waals surface area (Å²) < 4.78 is 1.55. The van der Waals surface area contributed by atoms with Crippen LogP contribution in [0.5, 0.6) is 0 Å². The van der Waals surface area contributed by atoms with Gasteiger partial charge in [-0.05, 0) is 29.8 Å². The molecule has 0 radical (unpaired) electrons. The average molecular weight is 315 g/mol. The Hall–Kier alpha value is -1.63. The molecule has 3 N–H and O–H groups in total. The van der Waals surface area contributed by atoms with Crippen molar-refractivity contribution in [3.05, 3.63) is 33.7 Å². The van der Waals surface area contributed by atoms with E-state index in [2.05, 4.69) is 32.9 Å².